The predicted molar refractivity (Wildman–Crippen MR) is 21.5 cm³/mol. The summed E-state index contributed by atoms with van der Waals surface area (Å²) >= 11 is 0. The fraction of sp³-hybridized carbons (Fsp3) is 0.250. The molecule has 0 aliphatic rings. The van der Waals surface area contributed by atoms with Crippen LogP contribution in [0, 0.1) is 6.57 Å². The van der Waals surface area contributed by atoms with Crippen LogP contribution in [-0.4, -0.2) is 0 Å². The fourth-order valence-electron chi connectivity index (χ4n) is 0.0423. The zero-order valence-corrected chi connectivity index (χ0v) is 3.70. The monoisotopic (exact) mass is 103 g/mol. The second-order valence-electron chi connectivity index (χ2n) is 0.958. The summed E-state index contributed by atoms with van der Waals surface area (Å²) in [4.78, 5) is 2.47. The van der Waals surface area contributed by atoms with Crippen LogP contribution in [0.15, 0.2) is 11.8 Å². The molecular weight excluding hydrogens is 100 g/mol. The first-order chi connectivity index (χ1) is 3.18. The van der Waals surface area contributed by atoms with Crippen molar-refractivity contribution in [3.8, 4) is 0 Å². The topological polar surface area (TPSA) is 4.36 Å². The molecule has 0 saturated carbocycles. The van der Waals surface area contributed by atoms with Gasteiger partial charge in [0.1, 0.15) is 0 Å². The van der Waals surface area contributed by atoms with Crippen molar-refractivity contribution in [2.24, 2.45) is 0 Å². The van der Waals surface area contributed by atoms with Gasteiger partial charge >= 0.3 is 0 Å². The smallest absolute Gasteiger partial charge is 0.237 e. The highest BCUT2D eigenvalue weighted by Crippen LogP contribution is 2.05. The number of halogens is 2. The number of allylic oxidation sites excluding steroid dienone is 1. The molecule has 0 aliphatic heterocycles. The third kappa shape index (κ3) is 1.88. The Morgan fingerprint density at radius 2 is 2.00 bits per heavy atom. The zero-order chi connectivity index (χ0) is 5.86. The maximum Gasteiger partial charge on any atom is 0.273 e. The van der Waals surface area contributed by atoms with Crippen LogP contribution in [0.1, 0.15) is 6.92 Å². The largest absolute Gasteiger partial charge is 0.273 e. The van der Waals surface area contributed by atoms with Crippen LogP contribution in [0.5, 0.6) is 0 Å². The molecule has 38 valence electrons. The van der Waals surface area contributed by atoms with Crippen molar-refractivity contribution in [3.63, 3.8) is 0 Å². The second kappa shape index (κ2) is 2.30. The summed E-state index contributed by atoms with van der Waals surface area (Å²) in [5, 5.41) is 0. The molecule has 0 N–H and O–H groups in total. The molecule has 0 aromatic rings. The predicted octanol–water partition coefficient (Wildman–Crippen LogP) is 2.03. The van der Waals surface area contributed by atoms with Gasteiger partial charge in [-0.1, -0.05) is 0 Å². The van der Waals surface area contributed by atoms with Crippen molar-refractivity contribution in [2.75, 3.05) is 0 Å². The zero-order valence-electron chi connectivity index (χ0n) is 3.70. The Labute approximate surface area is 40.1 Å². The summed E-state index contributed by atoms with van der Waals surface area (Å²) < 4.78 is 22.2. The van der Waals surface area contributed by atoms with Crippen LogP contribution >= 0.6 is 0 Å². The molecule has 0 spiro atoms. The lowest BCUT2D eigenvalue weighted by Crippen LogP contribution is -1.62. The van der Waals surface area contributed by atoms with Crippen LogP contribution < -0.4 is 0 Å². The highest BCUT2D eigenvalue weighted by molar-refractivity contribution is 5.05. The highest BCUT2D eigenvalue weighted by atomic mass is 19.3. The van der Waals surface area contributed by atoms with Gasteiger partial charge in [0, 0.05) is 0 Å². The van der Waals surface area contributed by atoms with E-state index in [1.54, 1.807) is 0 Å². The molecule has 0 unspecified atom stereocenters. The van der Waals surface area contributed by atoms with Gasteiger partial charge in [-0.25, -0.2) is 4.85 Å². The lowest BCUT2D eigenvalue weighted by atomic mass is 10.6. The third-order valence-corrected chi connectivity index (χ3v) is 0.441. The van der Waals surface area contributed by atoms with Crippen molar-refractivity contribution in [1.82, 2.24) is 0 Å². The van der Waals surface area contributed by atoms with E-state index in [4.69, 9.17) is 6.57 Å². The van der Waals surface area contributed by atoms with Crippen LogP contribution in [-0.2, 0) is 0 Å². The van der Waals surface area contributed by atoms with Crippen LogP contribution in [0.4, 0.5) is 8.78 Å². The van der Waals surface area contributed by atoms with Crippen molar-refractivity contribution >= 4 is 0 Å². The first-order valence-corrected chi connectivity index (χ1v) is 1.58. The maximum atomic E-state index is 11.1. The van der Waals surface area contributed by atoms with Crippen molar-refractivity contribution in [3.05, 3.63) is 23.2 Å². The quantitative estimate of drug-likeness (QED) is 0.413. The molecule has 0 radical (unpaired) electrons. The normalized spacial score (nSPS) is 7.14. The molecule has 0 saturated heterocycles. The molecule has 0 heterocycles. The Bertz CT molecular complexity index is 127. The Hall–Kier alpha value is -0.910. The lowest BCUT2D eigenvalue weighted by Gasteiger charge is -1.76. The molecular formula is C4H3F2N. The standard InChI is InChI=1S/C4H3F2N/c1-3(7-2)4(5)6/h1H3. The Morgan fingerprint density at radius 3 is 2.00 bits per heavy atom. The summed E-state index contributed by atoms with van der Waals surface area (Å²) in [7, 11) is 0. The molecule has 0 fully saturated rings. The third-order valence-electron chi connectivity index (χ3n) is 0.441. The van der Waals surface area contributed by atoms with E-state index in [9.17, 15) is 8.78 Å². The minimum atomic E-state index is -1.89. The summed E-state index contributed by atoms with van der Waals surface area (Å²) in [5.74, 6) is 0. The van der Waals surface area contributed by atoms with Crippen LogP contribution in [0.3, 0.4) is 0 Å². The first kappa shape index (κ1) is 6.09. The first-order valence-electron chi connectivity index (χ1n) is 1.58. The molecule has 0 aromatic heterocycles. The van der Waals surface area contributed by atoms with Gasteiger partial charge in [0.2, 0.25) is 5.70 Å². The van der Waals surface area contributed by atoms with Gasteiger partial charge in [0.05, 0.1) is 6.57 Å². The van der Waals surface area contributed by atoms with Gasteiger partial charge < -0.3 is 0 Å². The molecule has 7 heavy (non-hydrogen) atoms. The van der Waals surface area contributed by atoms with Crippen LogP contribution in [0.2, 0.25) is 0 Å². The number of nitrogens with zero attached hydrogens (tertiary/aromatic N) is 1. The molecule has 0 atom stereocenters. The van der Waals surface area contributed by atoms with Gasteiger partial charge in [0.15, 0.2) is 0 Å². The molecule has 1 nitrogen and oxygen atoms in total. The van der Waals surface area contributed by atoms with Gasteiger partial charge in [-0.3, -0.25) is 0 Å². The van der Waals surface area contributed by atoms with E-state index in [1.807, 2.05) is 0 Å². The molecule has 0 aliphatic carbocycles. The molecule has 0 amide bonds. The van der Waals surface area contributed by atoms with E-state index < -0.39 is 11.8 Å². The number of rotatable bonds is 0. The van der Waals surface area contributed by atoms with Crippen LogP contribution in [0.25, 0.3) is 4.85 Å². The number of hydrogen-bond donors (Lipinski definition) is 0. The Morgan fingerprint density at radius 1 is 1.57 bits per heavy atom. The molecule has 0 rings (SSSR count). The summed E-state index contributed by atoms with van der Waals surface area (Å²) in [6.07, 6.45) is -1.89. The SMILES string of the molecule is [C-]#[N+]C(C)=C(F)F. The maximum absolute atomic E-state index is 11.1. The Kier molecular flexibility index (Phi) is 2.00. The van der Waals surface area contributed by atoms with Crippen molar-refractivity contribution < 1.29 is 8.78 Å². The summed E-state index contributed by atoms with van der Waals surface area (Å²) in [5.41, 5.74) is -0.528. The molecule has 3 heteroatoms. The summed E-state index contributed by atoms with van der Waals surface area (Å²) in [6.45, 7) is 7.10. The minimum absolute atomic E-state index is 0.528. The average Bonchev–Trinajstić information content (AvgIpc) is 1.65. The van der Waals surface area contributed by atoms with Crippen molar-refractivity contribution in [1.29, 1.82) is 0 Å². The highest BCUT2D eigenvalue weighted by Gasteiger charge is 1.94. The van der Waals surface area contributed by atoms with E-state index in [2.05, 4.69) is 4.85 Å². The minimum Gasteiger partial charge on any atom is -0.237 e. The number of hydrogen-bond acceptors (Lipinski definition) is 0. The lowest BCUT2D eigenvalue weighted by molar-refractivity contribution is 0.414. The Balaban J connectivity index is 4.07. The van der Waals surface area contributed by atoms with E-state index in [0.29, 0.717) is 0 Å². The fourth-order valence-corrected chi connectivity index (χ4v) is 0.0423. The van der Waals surface area contributed by atoms with E-state index >= 15 is 0 Å². The van der Waals surface area contributed by atoms with E-state index in [0.717, 1.165) is 6.92 Å². The van der Waals surface area contributed by atoms with Gasteiger partial charge in [-0.15, -0.1) is 0 Å². The molecule has 0 aromatic carbocycles. The van der Waals surface area contributed by atoms with Gasteiger partial charge in [-0.05, 0) is 6.92 Å². The van der Waals surface area contributed by atoms with Crippen molar-refractivity contribution in [2.45, 2.75) is 6.92 Å². The van der Waals surface area contributed by atoms with Gasteiger partial charge in [-0.2, -0.15) is 8.78 Å². The second-order valence-corrected chi connectivity index (χ2v) is 0.958. The van der Waals surface area contributed by atoms with Gasteiger partial charge in [0.25, 0.3) is 6.08 Å². The van der Waals surface area contributed by atoms with E-state index in [-0.39, 0.29) is 0 Å². The average molecular weight is 103 g/mol. The molecule has 0 bridgehead atoms. The van der Waals surface area contributed by atoms with E-state index in [1.165, 1.54) is 0 Å². The summed E-state index contributed by atoms with van der Waals surface area (Å²) in [6, 6.07) is 0.